The Bertz CT molecular complexity index is 943. The monoisotopic (exact) mass is 401 g/mol. The van der Waals surface area contributed by atoms with Gasteiger partial charge in [0.05, 0.1) is 24.7 Å². The minimum absolute atomic E-state index is 0.122. The van der Waals surface area contributed by atoms with Crippen LogP contribution in [-0.4, -0.2) is 37.0 Å². The summed E-state index contributed by atoms with van der Waals surface area (Å²) >= 11 is 0. The molecule has 0 bridgehead atoms. The number of carbonyl (C=O) groups is 2. The quantitative estimate of drug-likeness (QED) is 0.285. The molecule has 0 saturated heterocycles. The molecule has 0 radical (unpaired) electrons. The predicted molar refractivity (Wildman–Crippen MR) is 106 cm³/mol. The second-order valence-corrected chi connectivity index (χ2v) is 6.48. The van der Waals surface area contributed by atoms with E-state index in [4.69, 9.17) is 14.2 Å². The summed E-state index contributed by atoms with van der Waals surface area (Å²) in [5.41, 5.74) is 2.23. The van der Waals surface area contributed by atoms with Crippen molar-refractivity contribution in [1.82, 2.24) is 0 Å². The number of benzene rings is 2. The van der Waals surface area contributed by atoms with Crippen molar-refractivity contribution in [2.75, 3.05) is 20.3 Å². The van der Waals surface area contributed by atoms with Gasteiger partial charge in [0.25, 0.3) is 5.69 Å². The van der Waals surface area contributed by atoms with Crippen LogP contribution in [0.3, 0.4) is 0 Å². The van der Waals surface area contributed by atoms with Crippen LogP contribution < -0.4 is 9.47 Å². The van der Waals surface area contributed by atoms with Gasteiger partial charge < -0.3 is 14.2 Å². The second-order valence-electron chi connectivity index (χ2n) is 6.48. The van der Waals surface area contributed by atoms with Crippen molar-refractivity contribution >= 4 is 17.4 Å². The maximum absolute atomic E-state index is 12.6. The Hall–Kier alpha value is -3.42. The van der Waals surface area contributed by atoms with Crippen LogP contribution in [-0.2, 0) is 4.74 Å². The Morgan fingerprint density at radius 3 is 2.17 bits per heavy atom. The molecule has 0 N–H and O–H groups in total. The molecule has 0 saturated carbocycles. The van der Waals surface area contributed by atoms with Gasteiger partial charge in [-0.15, -0.1) is 0 Å². The van der Waals surface area contributed by atoms with Crippen LogP contribution in [0.15, 0.2) is 24.3 Å². The molecule has 0 aliphatic carbocycles. The van der Waals surface area contributed by atoms with Crippen molar-refractivity contribution in [2.45, 2.75) is 27.7 Å². The van der Waals surface area contributed by atoms with E-state index < -0.39 is 23.2 Å². The molecule has 8 heteroatoms. The normalized spacial score (nSPS) is 10.4. The molecule has 8 nitrogen and oxygen atoms in total. The van der Waals surface area contributed by atoms with Crippen molar-refractivity contribution < 1.29 is 28.7 Å². The molecule has 0 aliphatic heterocycles. The lowest BCUT2D eigenvalue weighted by molar-refractivity contribution is -0.385. The maximum atomic E-state index is 12.6. The van der Waals surface area contributed by atoms with Gasteiger partial charge >= 0.3 is 5.97 Å². The van der Waals surface area contributed by atoms with Crippen LogP contribution in [0.25, 0.3) is 0 Å². The van der Waals surface area contributed by atoms with Gasteiger partial charge in [-0.3, -0.25) is 14.9 Å². The molecule has 0 heterocycles. The van der Waals surface area contributed by atoms with Crippen molar-refractivity contribution in [1.29, 1.82) is 0 Å². The Labute approximate surface area is 168 Å². The first-order valence-electron chi connectivity index (χ1n) is 8.97. The fraction of sp³-hybridized carbons (Fsp3) is 0.333. The number of nitro groups is 1. The van der Waals surface area contributed by atoms with Gasteiger partial charge in [-0.1, -0.05) is 17.7 Å². The van der Waals surface area contributed by atoms with Gasteiger partial charge in [-0.05, 0) is 38.8 Å². The third-order valence-electron chi connectivity index (χ3n) is 4.29. The van der Waals surface area contributed by atoms with Gasteiger partial charge in [-0.25, -0.2) is 4.79 Å². The molecule has 29 heavy (non-hydrogen) atoms. The minimum atomic E-state index is -0.990. The van der Waals surface area contributed by atoms with E-state index in [0.717, 1.165) is 22.8 Å². The standard InChI is InChI=1S/C21H23NO7/c1-6-28-19-9-15(16(22(25)26)10-18(19)27-5)21(24)29-11-17(23)20-13(3)7-12(2)8-14(20)4/h7-10H,6,11H2,1-5H3. The Balaban J connectivity index is 2.29. The van der Waals surface area contributed by atoms with Gasteiger partial charge in [0, 0.05) is 11.6 Å². The highest BCUT2D eigenvalue weighted by Crippen LogP contribution is 2.35. The SMILES string of the molecule is CCOc1cc(C(=O)OCC(=O)c2c(C)cc(C)cc2C)c([N+](=O)[O-])cc1OC. The van der Waals surface area contributed by atoms with Crippen LogP contribution in [0.1, 0.15) is 44.3 Å². The predicted octanol–water partition coefficient (Wildman–Crippen LogP) is 3.97. The molecule has 0 amide bonds. The summed E-state index contributed by atoms with van der Waals surface area (Å²) in [6.07, 6.45) is 0. The highest BCUT2D eigenvalue weighted by Gasteiger charge is 2.26. The smallest absolute Gasteiger partial charge is 0.345 e. The number of methoxy groups -OCH3 is 1. The highest BCUT2D eigenvalue weighted by atomic mass is 16.6. The van der Waals surface area contributed by atoms with Crippen LogP contribution in [0, 0.1) is 30.9 Å². The molecule has 154 valence electrons. The molecule has 2 aromatic rings. The number of carbonyl (C=O) groups excluding carboxylic acids is 2. The summed E-state index contributed by atoms with van der Waals surface area (Å²) in [6, 6.07) is 6.02. The first kappa shape index (κ1) is 21.9. The fourth-order valence-electron chi connectivity index (χ4n) is 3.19. The minimum Gasteiger partial charge on any atom is -0.493 e. The second kappa shape index (κ2) is 9.18. The fourth-order valence-corrected chi connectivity index (χ4v) is 3.19. The average Bonchev–Trinajstić information content (AvgIpc) is 2.65. The van der Waals surface area contributed by atoms with E-state index in [-0.39, 0.29) is 29.5 Å². The van der Waals surface area contributed by atoms with Crippen molar-refractivity contribution in [3.63, 3.8) is 0 Å². The lowest BCUT2D eigenvalue weighted by atomic mass is 9.97. The van der Waals surface area contributed by atoms with Crippen LogP contribution in [0.4, 0.5) is 5.69 Å². The molecule has 2 rings (SSSR count). The first-order valence-corrected chi connectivity index (χ1v) is 8.97. The largest absolute Gasteiger partial charge is 0.493 e. The highest BCUT2D eigenvalue weighted by molar-refractivity contribution is 6.02. The number of ketones is 1. The lowest BCUT2D eigenvalue weighted by Gasteiger charge is -2.13. The number of nitro benzene ring substituents is 1. The van der Waals surface area contributed by atoms with Crippen LogP contribution >= 0.6 is 0 Å². The molecule has 0 spiro atoms. The summed E-state index contributed by atoms with van der Waals surface area (Å²) in [5.74, 6) is -1.08. The summed E-state index contributed by atoms with van der Waals surface area (Å²) in [6.45, 7) is 7.00. The van der Waals surface area contributed by atoms with Crippen molar-refractivity contribution in [3.05, 3.63) is 62.2 Å². The zero-order valence-electron chi connectivity index (χ0n) is 17.0. The Kier molecular flexibility index (Phi) is 6.93. The van der Waals surface area contributed by atoms with Crippen molar-refractivity contribution in [3.8, 4) is 11.5 Å². The Morgan fingerprint density at radius 1 is 1.03 bits per heavy atom. The van der Waals surface area contributed by atoms with Crippen LogP contribution in [0.2, 0.25) is 0 Å². The molecule has 0 unspecified atom stereocenters. The Morgan fingerprint density at radius 2 is 1.66 bits per heavy atom. The number of esters is 1. The number of aryl methyl sites for hydroxylation is 3. The van der Waals surface area contributed by atoms with Gasteiger partial charge in [0.2, 0.25) is 5.78 Å². The third kappa shape index (κ3) is 4.90. The zero-order chi connectivity index (χ0) is 21.7. The number of hydrogen-bond acceptors (Lipinski definition) is 7. The van der Waals surface area contributed by atoms with Gasteiger partial charge in [-0.2, -0.15) is 0 Å². The average molecular weight is 401 g/mol. The molecule has 0 aliphatic rings. The van der Waals surface area contributed by atoms with E-state index in [9.17, 15) is 19.7 Å². The van der Waals surface area contributed by atoms with E-state index in [0.29, 0.717) is 5.56 Å². The number of rotatable bonds is 8. The first-order chi connectivity index (χ1) is 13.7. The lowest BCUT2D eigenvalue weighted by Crippen LogP contribution is -2.17. The molecular weight excluding hydrogens is 378 g/mol. The number of Topliss-reactive ketones (excluding diaryl/α,β-unsaturated/α-hetero) is 1. The van der Waals surface area contributed by atoms with E-state index in [1.807, 2.05) is 19.1 Å². The summed E-state index contributed by atoms with van der Waals surface area (Å²) in [4.78, 5) is 35.7. The summed E-state index contributed by atoms with van der Waals surface area (Å²) in [5, 5.41) is 11.4. The molecule has 0 aromatic heterocycles. The van der Waals surface area contributed by atoms with Gasteiger partial charge in [0.15, 0.2) is 18.1 Å². The molecule has 2 aromatic carbocycles. The molecular formula is C21H23NO7. The number of nitrogens with zero attached hydrogens (tertiary/aromatic N) is 1. The number of ether oxygens (including phenoxy) is 3. The van der Waals surface area contributed by atoms with E-state index in [1.54, 1.807) is 20.8 Å². The van der Waals surface area contributed by atoms with E-state index in [2.05, 4.69) is 0 Å². The topological polar surface area (TPSA) is 105 Å². The number of hydrogen-bond donors (Lipinski definition) is 0. The molecule has 0 atom stereocenters. The maximum Gasteiger partial charge on any atom is 0.345 e. The van der Waals surface area contributed by atoms with E-state index >= 15 is 0 Å². The zero-order valence-corrected chi connectivity index (χ0v) is 17.0. The molecule has 0 fully saturated rings. The van der Waals surface area contributed by atoms with E-state index in [1.165, 1.54) is 13.2 Å². The van der Waals surface area contributed by atoms with Gasteiger partial charge in [0.1, 0.15) is 5.56 Å². The van der Waals surface area contributed by atoms with Crippen molar-refractivity contribution in [2.24, 2.45) is 0 Å². The third-order valence-corrected chi connectivity index (χ3v) is 4.29. The summed E-state index contributed by atoms with van der Waals surface area (Å²) in [7, 11) is 1.34. The van der Waals surface area contributed by atoms with Crippen LogP contribution in [0.5, 0.6) is 11.5 Å². The summed E-state index contributed by atoms with van der Waals surface area (Å²) < 4.78 is 15.5.